The lowest BCUT2D eigenvalue weighted by atomic mass is 9.74. The van der Waals surface area contributed by atoms with Gasteiger partial charge in [-0.25, -0.2) is 0 Å². The van der Waals surface area contributed by atoms with Crippen LogP contribution in [0.5, 0.6) is 5.75 Å². The van der Waals surface area contributed by atoms with Crippen molar-refractivity contribution in [2.24, 2.45) is 11.8 Å². The van der Waals surface area contributed by atoms with Crippen molar-refractivity contribution in [1.29, 1.82) is 0 Å². The minimum atomic E-state index is -1.19. The number of likely N-dealkylation sites (tertiary alicyclic amines) is 1. The highest BCUT2D eigenvalue weighted by molar-refractivity contribution is 6.31. The number of benzene rings is 2. The Morgan fingerprint density at radius 2 is 1.83 bits per heavy atom. The number of nitrogens with one attached hydrogen (secondary N) is 2. The highest BCUT2D eigenvalue weighted by Gasteiger charge is 2.72. The van der Waals surface area contributed by atoms with Crippen LogP contribution in [-0.2, 0) is 25.5 Å². The number of rotatable bonds is 9. The minimum absolute atomic E-state index is 0.0774. The van der Waals surface area contributed by atoms with Crippen molar-refractivity contribution >= 4 is 35.0 Å². The van der Waals surface area contributed by atoms with Crippen LogP contribution in [0.1, 0.15) is 44.6 Å². The summed E-state index contributed by atoms with van der Waals surface area (Å²) in [4.78, 5) is 43.4. The molecule has 5 atom stereocenters. The first kappa shape index (κ1) is 27.8. The smallest absolute Gasteiger partial charge is 0.246 e. The summed E-state index contributed by atoms with van der Waals surface area (Å²) in [5.74, 6) is -1.60. The summed E-state index contributed by atoms with van der Waals surface area (Å²) in [6.07, 6.45) is 8.76. The van der Waals surface area contributed by atoms with Crippen LogP contribution in [0.15, 0.2) is 60.7 Å². The Balaban J connectivity index is 1.27. The van der Waals surface area contributed by atoms with Crippen molar-refractivity contribution in [2.45, 2.75) is 69.2 Å². The molecule has 1 aliphatic carbocycles. The zero-order valence-electron chi connectivity index (χ0n) is 23.2. The van der Waals surface area contributed by atoms with Crippen LogP contribution >= 0.6 is 11.6 Å². The van der Waals surface area contributed by atoms with E-state index in [1.165, 1.54) is 6.42 Å². The first-order chi connectivity index (χ1) is 19.9. The van der Waals surface area contributed by atoms with Crippen molar-refractivity contribution in [1.82, 2.24) is 10.2 Å². The number of anilines is 1. The standard InChI is InChI=1S/C32H36ClN3O5/c1-2-40-23-14-12-22(13-15-23)34-29(37)26-25-16-18-32(41-25)27(26)31(39)36(19-17-20-8-6-7-11-24(20)33)28(32)30(38)35-21-9-4-3-5-10-21/h6-8,11-16,18,21,25-28H,2-5,9-10,17,19H2,1H3,(H,34,37)(H,35,38). The van der Waals surface area contributed by atoms with Crippen molar-refractivity contribution in [3.05, 3.63) is 71.3 Å². The zero-order valence-corrected chi connectivity index (χ0v) is 23.9. The van der Waals surface area contributed by atoms with Gasteiger partial charge in [0.15, 0.2) is 0 Å². The summed E-state index contributed by atoms with van der Waals surface area (Å²) in [6, 6.07) is 13.9. The second-order valence-electron chi connectivity index (χ2n) is 11.4. The quantitative estimate of drug-likeness (QED) is 0.427. The second kappa shape index (κ2) is 11.5. The molecule has 216 valence electrons. The molecule has 2 N–H and O–H groups in total. The number of carbonyl (C=O) groups excluding carboxylic acids is 3. The van der Waals surface area contributed by atoms with Crippen LogP contribution in [0.4, 0.5) is 5.69 Å². The highest BCUT2D eigenvalue weighted by atomic mass is 35.5. The molecule has 3 aliphatic heterocycles. The first-order valence-electron chi connectivity index (χ1n) is 14.7. The maximum absolute atomic E-state index is 14.2. The van der Waals surface area contributed by atoms with Crippen molar-refractivity contribution in [2.75, 3.05) is 18.5 Å². The van der Waals surface area contributed by atoms with Gasteiger partial charge in [-0.1, -0.05) is 61.2 Å². The molecule has 1 spiro atoms. The predicted octanol–water partition coefficient (Wildman–Crippen LogP) is 4.52. The van der Waals surface area contributed by atoms with Crippen LogP contribution in [0.2, 0.25) is 5.02 Å². The van der Waals surface area contributed by atoms with E-state index < -0.39 is 29.6 Å². The van der Waals surface area contributed by atoms with Crippen molar-refractivity contribution in [3.63, 3.8) is 0 Å². The molecule has 3 amide bonds. The molecule has 2 bridgehead atoms. The number of amides is 3. The number of carbonyl (C=O) groups is 3. The molecule has 2 aromatic rings. The van der Waals surface area contributed by atoms with E-state index in [-0.39, 0.29) is 23.8 Å². The second-order valence-corrected chi connectivity index (χ2v) is 11.8. The maximum Gasteiger partial charge on any atom is 0.246 e. The summed E-state index contributed by atoms with van der Waals surface area (Å²) in [5, 5.41) is 6.80. The fraction of sp³-hybridized carbons (Fsp3) is 0.469. The van der Waals surface area contributed by atoms with E-state index in [1.54, 1.807) is 29.2 Å². The van der Waals surface area contributed by atoms with E-state index >= 15 is 0 Å². The van der Waals surface area contributed by atoms with Crippen LogP contribution in [0.3, 0.4) is 0 Å². The first-order valence-corrected chi connectivity index (χ1v) is 15.0. The Hall–Kier alpha value is -3.36. The van der Waals surface area contributed by atoms with Crippen molar-refractivity contribution < 1.29 is 23.9 Å². The molecule has 3 heterocycles. The molecule has 2 aromatic carbocycles. The van der Waals surface area contributed by atoms with E-state index in [9.17, 15) is 14.4 Å². The third kappa shape index (κ3) is 5.12. The van der Waals surface area contributed by atoms with E-state index in [2.05, 4.69) is 10.6 Å². The van der Waals surface area contributed by atoms with Gasteiger partial charge in [0.25, 0.3) is 0 Å². The largest absolute Gasteiger partial charge is 0.494 e. The molecule has 6 rings (SSSR count). The Kier molecular flexibility index (Phi) is 7.79. The highest BCUT2D eigenvalue weighted by Crippen LogP contribution is 2.55. The molecular formula is C32H36ClN3O5. The maximum atomic E-state index is 14.2. The van der Waals surface area contributed by atoms with Crippen molar-refractivity contribution in [3.8, 4) is 5.75 Å². The molecule has 1 saturated carbocycles. The van der Waals surface area contributed by atoms with Crippen LogP contribution in [0, 0.1) is 11.8 Å². The summed E-state index contributed by atoms with van der Waals surface area (Å²) in [7, 11) is 0. The lowest BCUT2D eigenvalue weighted by Crippen LogP contribution is -2.56. The Bertz CT molecular complexity index is 1340. The van der Waals surface area contributed by atoms with E-state index in [0.717, 1.165) is 31.2 Å². The van der Waals surface area contributed by atoms with Gasteiger partial charge < -0.3 is 25.0 Å². The van der Waals surface area contributed by atoms with Crippen LogP contribution in [0.25, 0.3) is 0 Å². The molecule has 9 heteroatoms. The van der Waals surface area contributed by atoms with Gasteiger partial charge in [-0.15, -0.1) is 0 Å². The molecule has 3 fully saturated rings. The normalized spacial score (nSPS) is 28.5. The fourth-order valence-electron chi connectivity index (χ4n) is 7.00. The molecule has 41 heavy (non-hydrogen) atoms. The lowest BCUT2D eigenvalue weighted by molar-refractivity contribution is -0.141. The third-order valence-corrected chi connectivity index (χ3v) is 9.26. The number of hydrogen-bond donors (Lipinski definition) is 2. The third-order valence-electron chi connectivity index (χ3n) is 8.89. The molecule has 8 nitrogen and oxygen atoms in total. The Morgan fingerprint density at radius 1 is 1.07 bits per heavy atom. The van der Waals surface area contributed by atoms with Gasteiger partial charge in [0, 0.05) is 23.3 Å². The van der Waals surface area contributed by atoms with Gasteiger partial charge >= 0.3 is 0 Å². The fourth-order valence-corrected chi connectivity index (χ4v) is 7.23. The molecular weight excluding hydrogens is 542 g/mol. The van der Waals surface area contributed by atoms with Gasteiger partial charge in [-0.2, -0.15) is 0 Å². The van der Waals surface area contributed by atoms with Gasteiger partial charge in [-0.05, 0) is 62.1 Å². The molecule has 4 aliphatic rings. The summed E-state index contributed by atoms with van der Waals surface area (Å²) in [5.41, 5.74) is 0.308. The zero-order chi connectivity index (χ0) is 28.6. The number of nitrogens with zero attached hydrogens (tertiary/aromatic N) is 1. The van der Waals surface area contributed by atoms with Crippen LogP contribution in [-0.4, -0.2) is 59.6 Å². The predicted molar refractivity (Wildman–Crippen MR) is 156 cm³/mol. The van der Waals surface area contributed by atoms with Crippen LogP contribution < -0.4 is 15.4 Å². The van der Waals surface area contributed by atoms with Gasteiger partial charge in [-0.3, -0.25) is 14.4 Å². The summed E-state index contributed by atoms with van der Waals surface area (Å²) in [6.45, 7) is 2.75. The Labute approximate surface area is 245 Å². The van der Waals surface area contributed by atoms with Gasteiger partial charge in [0.2, 0.25) is 17.7 Å². The molecule has 0 aromatic heterocycles. The van der Waals surface area contributed by atoms with E-state index in [0.29, 0.717) is 36.0 Å². The molecule has 0 radical (unpaired) electrons. The van der Waals surface area contributed by atoms with Gasteiger partial charge in [0.1, 0.15) is 17.4 Å². The number of ether oxygens (including phenoxy) is 2. The summed E-state index contributed by atoms with van der Waals surface area (Å²) >= 11 is 6.42. The lowest BCUT2D eigenvalue weighted by Gasteiger charge is -2.34. The average molecular weight is 578 g/mol. The minimum Gasteiger partial charge on any atom is -0.494 e. The monoisotopic (exact) mass is 577 g/mol. The topological polar surface area (TPSA) is 97.0 Å². The number of halogens is 1. The molecule has 5 unspecified atom stereocenters. The number of hydrogen-bond acceptors (Lipinski definition) is 5. The Morgan fingerprint density at radius 3 is 2.56 bits per heavy atom. The number of fused-ring (bicyclic) bond motifs is 1. The summed E-state index contributed by atoms with van der Waals surface area (Å²) < 4.78 is 12.0. The van der Waals surface area contributed by atoms with E-state index in [1.807, 2.05) is 43.3 Å². The SMILES string of the molecule is CCOc1ccc(NC(=O)C2C3C=CC4(O3)C2C(=O)N(CCc2ccccc2Cl)C4C(=O)NC2CCCCC2)cc1. The molecule has 2 saturated heterocycles. The van der Waals surface area contributed by atoms with E-state index in [4.69, 9.17) is 21.1 Å². The average Bonchev–Trinajstić information content (AvgIpc) is 3.61. The van der Waals surface area contributed by atoms with Gasteiger partial charge in [0.05, 0.1) is 24.5 Å².